The number of ether oxygens (including phenoxy) is 1. The number of fused-ring (bicyclic) bond motifs is 2. The van der Waals surface area contributed by atoms with Crippen molar-refractivity contribution in [3.05, 3.63) is 42.4 Å². The van der Waals surface area contributed by atoms with Crippen LogP contribution in [0.4, 0.5) is 11.4 Å². The highest BCUT2D eigenvalue weighted by atomic mass is 35.5. The van der Waals surface area contributed by atoms with Crippen LogP contribution in [0.5, 0.6) is 5.88 Å². The van der Waals surface area contributed by atoms with Crippen LogP contribution >= 0.6 is 36.6 Å². The average Bonchev–Trinajstić information content (AvgIpc) is 2.87. The second-order valence-corrected chi connectivity index (χ2v) is 9.66. The van der Waals surface area contributed by atoms with Gasteiger partial charge in [0.15, 0.2) is 0 Å². The van der Waals surface area contributed by atoms with Crippen molar-refractivity contribution in [2.75, 3.05) is 23.5 Å². The number of thioether (sulfide) groups is 1. The number of halogens is 2. The molecule has 1 aliphatic carbocycles. The minimum absolute atomic E-state index is 0. The molecule has 2 aliphatic rings. The summed E-state index contributed by atoms with van der Waals surface area (Å²) in [5.74, 6) is 0.360. The first-order valence-electron chi connectivity index (χ1n) is 11.4. The highest BCUT2D eigenvalue weighted by Gasteiger charge is 2.33. The quantitative estimate of drug-likeness (QED) is 0.354. The number of nitrogens with zero attached hydrogens (tertiary/aromatic N) is 3. The van der Waals surface area contributed by atoms with Crippen molar-refractivity contribution in [2.24, 2.45) is 5.92 Å². The number of anilines is 2. The number of nitrogens with one attached hydrogen (secondary N) is 3. The third kappa shape index (κ3) is 6.60. The number of aliphatic hydroxyl groups excluding tert-OH is 1. The van der Waals surface area contributed by atoms with E-state index in [-0.39, 0.29) is 48.6 Å². The molecule has 0 unspecified atom stereocenters. The monoisotopic (exact) mass is 566 g/mol. The number of methoxy groups -OCH3 is 1. The standard InChI is InChI=1S/C24H26N6O4S.2ClH/c1-34-22-5-4-16-23(30-22)17(6-7-25-16)29-24(33)13-2-3-15(19(31)8-13)27-10-14-9-18-20(11-26-14)35-12-21(32)28-18;;/h4-7,9,11,13,15,19,27,31H,2-3,8,10,12H2,1H3,(H,28,32)(H,25,29,33);2*1H/t13-,15-,19-;;/m0../s1. The molecule has 1 aliphatic heterocycles. The Kier molecular flexibility index (Phi) is 9.91. The van der Waals surface area contributed by atoms with E-state index in [0.29, 0.717) is 54.2 Å². The molecule has 4 N–H and O–H groups in total. The lowest BCUT2D eigenvalue weighted by atomic mass is 9.83. The summed E-state index contributed by atoms with van der Waals surface area (Å²) in [6.07, 6.45) is 4.37. The van der Waals surface area contributed by atoms with Crippen molar-refractivity contribution < 1.29 is 19.4 Å². The van der Waals surface area contributed by atoms with Crippen LogP contribution in [0.15, 0.2) is 41.6 Å². The number of rotatable bonds is 6. The molecule has 198 valence electrons. The van der Waals surface area contributed by atoms with Crippen LogP contribution in [0.1, 0.15) is 25.0 Å². The van der Waals surface area contributed by atoms with Gasteiger partial charge >= 0.3 is 0 Å². The zero-order chi connectivity index (χ0) is 24.4. The summed E-state index contributed by atoms with van der Waals surface area (Å²) in [5, 5.41) is 19.9. The SMILES string of the molecule is COc1ccc2nccc(NC(=O)[C@H]3CC[C@H](NCc4cc5c(cn4)SCC(=O)N5)[C@@H](O)C3)c2n1.Cl.Cl. The number of hydrogen-bond donors (Lipinski definition) is 4. The normalized spacial score (nSPS) is 20.6. The summed E-state index contributed by atoms with van der Waals surface area (Å²) in [5.41, 5.74) is 3.34. The predicted molar refractivity (Wildman–Crippen MR) is 147 cm³/mol. The van der Waals surface area contributed by atoms with Gasteiger partial charge in [-0.1, -0.05) is 0 Å². The van der Waals surface area contributed by atoms with E-state index in [9.17, 15) is 14.7 Å². The third-order valence-electron chi connectivity index (χ3n) is 6.32. The fourth-order valence-electron chi connectivity index (χ4n) is 4.44. The van der Waals surface area contributed by atoms with Gasteiger partial charge in [0.25, 0.3) is 0 Å². The fraction of sp³-hybridized carbons (Fsp3) is 0.375. The van der Waals surface area contributed by atoms with Crippen LogP contribution < -0.4 is 20.7 Å². The van der Waals surface area contributed by atoms with Gasteiger partial charge in [-0.05, 0) is 37.5 Å². The molecule has 0 bridgehead atoms. The lowest BCUT2D eigenvalue weighted by Gasteiger charge is -2.33. The lowest BCUT2D eigenvalue weighted by molar-refractivity contribution is -0.122. The van der Waals surface area contributed by atoms with Gasteiger partial charge in [-0.3, -0.25) is 19.6 Å². The molecule has 3 atom stereocenters. The van der Waals surface area contributed by atoms with Crippen LogP contribution in [0.2, 0.25) is 0 Å². The number of aromatic nitrogens is 3. The lowest BCUT2D eigenvalue weighted by Crippen LogP contribution is -2.46. The van der Waals surface area contributed by atoms with Gasteiger partial charge in [0.05, 0.1) is 41.6 Å². The molecule has 2 amide bonds. The predicted octanol–water partition coefficient (Wildman–Crippen LogP) is 3.18. The van der Waals surface area contributed by atoms with Gasteiger partial charge in [-0.2, -0.15) is 0 Å². The molecule has 0 saturated heterocycles. The Bertz CT molecular complexity index is 1280. The number of pyridine rings is 3. The maximum atomic E-state index is 13.0. The highest BCUT2D eigenvalue weighted by Crippen LogP contribution is 2.31. The topological polar surface area (TPSA) is 138 Å². The van der Waals surface area contributed by atoms with Gasteiger partial charge in [-0.25, -0.2) is 4.98 Å². The van der Waals surface area contributed by atoms with Gasteiger partial charge in [0.2, 0.25) is 17.7 Å². The van der Waals surface area contributed by atoms with Crippen LogP contribution in [0.25, 0.3) is 11.0 Å². The maximum absolute atomic E-state index is 13.0. The average molecular weight is 567 g/mol. The largest absolute Gasteiger partial charge is 0.481 e. The van der Waals surface area contributed by atoms with Crippen LogP contribution in [-0.4, -0.2) is 56.9 Å². The molecule has 1 fully saturated rings. The Morgan fingerprint density at radius 3 is 2.86 bits per heavy atom. The van der Waals surface area contributed by atoms with Crippen LogP contribution in [0.3, 0.4) is 0 Å². The molecule has 0 radical (unpaired) electrons. The Labute approximate surface area is 230 Å². The number of hydrogen-bond acceptors (Lipinski definition) is 9. The Balaban J connectivity index is 0.00000190. The summed E-state index contributed by atoms with van der Waals surface area (Å²) >= 11 is 1.47. The fourth-order valence-corrected chi connectivity index (χ4v) is 5.19. The van der Waals surface area contributed by atoms with E-state index in [2.05, 4.69) is 30.9 Å². The Morgan fingerprint density at radius 2 is 2.08 bits per heavy atom. The third-order valence-corrected chi connectivity index (χ3v) is 7.36. The zero-order valence-electron chi connectivity index (χ0n) is 20.0. The maximum Gasteiger partial charge on any atom is 0.234 e. The first-order chi connectivity index (χ1) is 17.0. The summed E-state index contributed by atoms with van der Waals surface area (Å²) in [6.45, 7) is 0.461. The first kappa shape index (κ1) is 28.9. The first-order valence-corrected chi connectivity index (χ1v) is 12.4. The summed E-state index contributed by atoms with van der Waals surface area (Å²) in [6, 6.07) is 6.94. The highest BCUT2D eigenvalue weighted by molar-refractivity contribution is 8.00. The van der Waals surface area contributed by atoms with Gasteiger partial charge in [0.1, 0.15) is 5.52 Å². The molecule has 0 spiro atoms. The van der Waals surface area contributed by atoms with E-state index in [0.717, 1.165) is 16.3 Å². The molecule has 13 heteroatoms. The molecule has 1 saturated carbocycles. The minimum Gasteiger partial charge on any atom is -0.481 e. The molecule has 3 aromatic rings. The van der Waals surface area contributed by atoms with Gasteiger partial charge in [0, 0.05) is 41.9 Å². The van der Waals surface area contributed by atoms with Crippen molar-refractivity contribution in [1.82, 2.24) is 20.3 Å². The molecule has 5 rings (SSSR count). The molecule has 0 aromatic carbocycles. The Hall–Kier alpha value is -2.70. The number of amides is 2. The number of carbonyl (C=O) groups excluding carboxylic acids is 2. The van der Waals surface area contributed by atoms with E-state index in [4.69, 9.17) is 4.74 Å². The molecule has 10 nitrogen and oxygen atoms in total. The van der Waals surface area contributed by atoms with Crippen LogP contribution in [0, 0.1) is 5.92 Å². The summed E-state index contributed by atoms with van der Waals surface area (Å²) in [7, 11) is 1.54. The second kappa shape index (κ2) is 12.7. The van der Waals surface area contributed by atoms with Crippen molar-refractivity contribution in [2.45, 2.75) is 42.8 Å². The number of aliphatic hydroxyl groups is 1. The molecular weight excluding hydrogens is 539 g/mol. The second-order valence-electron chi connectivity index (χ2n) is 8.64. The van der Waals surface area contributed by atoms with Crippen molar-refractivity contribution in [3.63, 3.8) is 0 Å². The summed E-state index contributed by atoms with van der Waals surface area (Å²) < 4.78 is 5.20. The van der Waals surface area contributed by atoms with Crippen molar-refractivity contribution >= 4 is 70.8 Å². The van der Waals surface area contributed by atoms with Crippen LogP contribution in [-0.2, 0) is 16.1 Å². The Morgan fingerprint density at radius 1 is 1.24 bits per heavy atom. The zero-order valence-corrected chi connectivity index (χ0v) is 22.4. The van der Waals surface area contributed by atoms with E-state index in [1.54, 1.807) is 30.6 Å². The summed E-state index contributed by atoms with van der Waals surface area (Å²) in [4.78, 5) is 38.7. The van der Waals surface area contributed by atoms with Gasteiger partial charge < -0.3 is 25.8 Å². The van der Waals surface area contributed by atoms with Crippen molar-refractivity contribution in [1.29, 1.82) is 0 Å². The molecule has 4 heterocycles. The van der Waals surface area contributed by atoms with Gasteiger partial charge in [-0.15, -0.1) is 36.6 Å². The van der Waals surface area contributed by atoms with E-state index < -0.39 is 6.10 Å². The van der Waals surface area contributed by atoms with E-state index in [1.165, 1.54) is 18.9 Å². The molecular formula is C24H28Cl2N6O4S. The smallest absolute Gasteiger partial charge is 0.234 e. The minimum atomic E-state index is -0.667. The van der Waals surface area contributed by atoms with Crippen molar-refractivity contribution in [3.8, 4) is 5.88 Å². The molecule has 37 heavy (non-hydrogen) atoms. The van der Waals surface area contributed by atoms with E-state index in [1.807, 2.05) is 6.07 Å². The number of carbonyl (C=O) groups is 2. The molecule has 3 aromatic heterocycles. The van der Waals surface area contributed by atoms with E-state index >= 15 is 0 Å².